The lowest BCUT2D eigenvalue weighted by molar-refractivity contribution is -0.151. The van der Waals surface area contributed by atoms with Gasteiger partial charge in [-0.25, -0.2) is 0 Å². The van der Waals surface area contributed by atoms with Crippen LogP contribution in [0.3, 0.4) is 0 Å². The van der Waals surface area contributed by atoms with Crippen LogP contribution in [0.4, 0.5) is 0 Å². The normalized spacial score (nSPS) is 15.3. The number of carbonyl (C=O) groups excluding carboxylic acids is 3. The summed E-state index contributed by atoms with van der Waals surface area (Å²) in [4.78, 5) is 40.0. The molecule has 0 saturated carbocycles. The van der Waals surface area contributed by atoms with Gasteiger partial charge in [0.15, 0.2) is 0 Å². The lowest BCUT2D eigenvalue weighted by Gasteiger charge is -2.33. The van der Waals surface area contributed by atoms with E-state index >= 15 is 0 Å². The minimum Gasteiger partial charge on any atom is -0.466 e. The molecule has 186 valence electrons. The van der Waals surface area contributed by atoms with Gasteiger partial charge in [-0.15, -0.1) is 11.8 Å². The predicted octanol–water partition coefficient (Wildman–Crippen LogP) is 4.21. The SMILES string of the molecule is CCOC(=O)C1CCN(C(=O)C(CSc2ccc3c(c2)c2ccccc2n3CC)NC(C)=O)CC1. The van der Waals surface area contributed by atoms with E-state index in [0.717, 1.165) is 11.4 Å². The fourth-order valence-corrected chi connectivity index (χ4v) is 5.83. The maximum atomic E-state index is 13.3. The summed E-state index contributed by atoms with van der Waals surface area (Å²) in [7, 11) is 0. The summed E-state index contributed by atoms with van der Waals surface area (Å²) < 4.78 is 7.43. The average Bonchev–Trinajstić information content (AvgIpc) is 3.19. The number of hydrogen-bond donors (Lipinski definition) is 1. The second-order valence-corrected chi connectivity index (χ2v) is 9.95. The van der Waals surface area contributed by atoms with Crippen LogP contribution in [0.5, 0.6) is 0 Å². The molecule has 1 atom stereocenters. The van der Waals surface area contributed by atoms with Crippen molar-refractivity contribution in [2.45, 2.75) is 51.1 Å². The fraction of sp³-hybridized carbons (Fsp3) is 0.444. The van der Waals surface area contributed by atoms with Crippen LogP contribution >= 0.6 is 11.8 Å². The fourth-order valence-electron chi connectivity index (χ4n) is 4.88. The summed E-state index contributed by atoms with van der Waals surface area (Å²) >= 11 is 1.57. The monoisotopic (exact) mass is 495 g/mol. The van der Waals surface area contributed by atoms with Crippen LogP contribution < -0.4 is 5.32 Å². The Labute approximate surface area is 210 Å². The van der Waals surface area contributed by atoms with Gasteiger partial charge in [-0.2, -0.15) is 0 Å². The van der Waals surface area contributed by atoms with Crippen molar-refractivity contribution >= 4 is 51.4 Å². The summed E-state index contributed by atoms with van der Waals surface area (Å²) in [6.45, 7) is 7.62. The third kappa shape index (κ3) is 5.48. The van der Waals surface area contributed by atoms with Crippen LogP contribution in [-0.4, -0.2) is 58.7 Å². The standard InChI is InChI=1S/C27H33N3O4S/c1-4-30-24-9-7-6-8-21(24)22-16-20(10-11-25(22)30)35-17-23(28-18(3)31)26(32)29-14-12-19(13-15-29)27(33)34-5-2/h6-11,16,19,23H,4-5,12-15,17H2,1-3H3,(H,28,31). The summed E-state index contributed by atoms with van der Waals surface area (Å²) in [6, 6.07) is 14.2. The van der Waals surface area contributed by atoms with E-state index in [4.69, 9.17) is 4.74 Å². The molecule has 2 amide bonds. The quantitative estimate of drug-likeness (QED) is 0.374. The second kappa shape index (κ2) is 11.2. The van der Waals surface area contributed by atoms with Crippen molar-refractivity contribution < 1.29 is 19.1 Å². The molecule has 0 bridgehead atoms. The number of thioether (sulfide) groups is 1. The zero-order chi connectivity index (χ0) is 24.9. The molecule has 4 rings (SSSR count). The van der Waals surface area contributed by atoms with E-state index in [1.165, 1.54) is 28.7 Å². The molecule has 8 heteroatoms. The van der Waals surface area contributed by atoms with Crippen LogP contribution in [0.1, 0.15) is 33.6 Å². The van der Waals surface area contributed by atoms with Crippen molar-refractivity contribution in [3.8, 4) is 0 Å². The Hall–Kier alpha value is -3.00. The summed E-state index contributed by atoms with van der Waals surface area (Å²) in [5.74, 6) is -0.239. The Kier molecular flexibility index (Phi) is 8.00. The Morgan fingerprint density at radius 3 is 2.46 bits per heavy atom. The first-order valence-corrected chi connectivity index (χ1v) is 13.3. The summed E-state index contributed by atoms with van der Waals surface area (Å²) in [6.07, 6.45) is 1.17. The number of ether oxygens (including phenoxy) is 1. The van der Waals surface area contributed by atoms with Gasteiger partial charge in [0.05, 0.1) is 12.5 Å². The molecule has 1 aliphatic rings. The third-order valence-corrected chi connectivity index (χ3v) is 7.67. The van der Waals surface area contributed by atoms with Crippen LogP contribution in [0.2, 0.25) is 0 Å². The lowest BCUT2D eigenvalue weighted by Crippen LogP contribution is -2.52. The van der Waals surface area contributed by atoms with Crippen molar-refractivity contribution in [3.63, 3.8) is 0 Å². The van der Waals surface area contributed by atoms with Gasteiger partial charge >= 0.3 is 5.97 Å². The molecule has 7 nitrogen and oxygen atoms in total. The van der Waals surface area contributed by atoms with Crippen LogP contribution in [-0.2, 0) is 25.7 Å². The van der Waals surface area contributed by atoms with Crippen LogP contribution in [0, 0.1) is 5.92 Å². The van der Waals surface area contributed by atoms with Gasteiger partial charge in [-0.3, -0.25) is 14.4 Å². The molecule has 35 heavy (non-hydrogen) atoms. The lowest BCUT2D eigenvalue weighted by atomic mass is 9.96. The Morgan fingerprint density at radius 2 is 1.77 bits per heavy atom. The third-order valence-electron chi connectivity index (χ3n) is 6.58. The van der Waals surface area contributed by atoms with Gasteiger partial charge in [0.25, 0.3) is 0 Å². The smallest absolute Gasteiger partial charge is 0.309 e. The van der Waals surface area contributed by atoms with Crippen molar-refractivity contribution in [2.24, 2.45) is 5.92 Å². The van der Waals surface area contributed by atoms with Gasteiger partial charge in [-0.1, -0.05) is 18.2 Å². The summed E-state index contributed by atoms with van der Waals surface area (Å²) in [5, 5.41) is 5.24. The first kappa shape index (κ1) is 25.1. The maximum absolute atomic E-state index is 13.3. The van der Waals surface area contributed by atoms with Gasteiger partial charge < -0.3 is 19.5 Å². The maximum Gasteiger partial charge on any atom is 0.309 e. The number of likely N-dealkylation sites (tertiary alicyclic amines) is 1. The number of fused-ring (bicyclic) bond motifs is 3. The van der Waals surface area contributed by atoms with E-state index in [9.17, 15) is 14.4 Å². The van der Waals surface area contributed by atoms with Gasteiger partial charge in [0, 0.05) is 59.0 Å². The number of carbonyl (C=O) groups is 3. The van der Waals surface area contributed by atoms with Gasteiger partial charge in [0.1, 0.15) is 6.04 Å². The molecule has 1 N–H and O–H groups in total. The molecule has 1 fully saturated rings. The van der Waals surface area contributed by atoms with Crippen molar-refractivity contribution in [2.75, 3.05) is 25.4 Å². The largest absolute Gasteiger partial charge is 0.466 e. The number of aryl methyl sites for hydroxylation is 1. The number of amides is 2. The highest BCUT2D eigenvalue weighted by Gasteiger charge is 2.32. The first-order chi connectivity index (χ1) is 16.9. The Bertz CT molecular complexity index is 1230. The number of hydrogen-bond acceptors (Lipinski definition) is 5. The highest BCUT2D eigenvalue weighted by molar-refractivity contribution is 7.99. The molecule has 2 aromatic carbocycles. The topological polar surface area (TPSA) is 80.6 Å². The minimum absolute atomic E-state index is 0.0985. The first-order valence-electron chi connectivity index (χ1n) is 12.3. The second-order valence-electron chi connectivity index (χ2n) is 8.86. The summed E-state index contributed by atoms with van der Waals surface area (Å²) in [5.41, 5.74) is 2.40. The van der Waals surface area contributed by atoms with E-state index in [2.05, 4.69) is 59.3 Å². The Morgan fingerprint density at radius 1 is 1.06 bits per heavy atom. The molecule has 0 aliphatic carbocycles. The van der Waals surface area contributed by atoms with Crippen LogP contribution in [0.15, 0.2) is 47.4 Å². The van der Waals surface area contributed by atoms with E-state index in [-0.39, 0.29) is 23.7 Å². The molecule has 1 saturated heterocycles. The zero-order valence-electron chi connectivity index (χ0n) is 20.6. The molecule has 1 unspecified atom stereocenters. The molecule has 0 spiro atoms. The number of para-hydroxylation sites is 1. The number of esters is 1. The molecular formula is C27H33N3O4S. The molecule has 1 aliphatic heterocycles. The van der Waals surface area contributed by atoms with Crippen molar-refractivity contribution in [3.05, 3.63) is 42.5 Å². The number of piperidine rings is 1. The average molecular weight is 496 g/mol. The van der Waals surface area contributed by atoms with E-state index in [1.807, 2.05) is 0 Å². The van der Waals surface area contributed by atoms with Crippen LogP contribution in [0.25, 0.3) is 21.8 Å². The Balaban J connectivity index is 1.47. The zero-order valence-corrected chi connectivity index (χ0v) is 21.4. The van der Waals surface area contributed by atoms with E-state index in [1.54, 1.807) is 23.6 Å². The minimum atomic E-state index is -0.621. The van der Waals surface area contributed by atoms with E-state index < -0.39 is 6.04 Å². The molecular weight excluding hydrogens is 462 g/mol. The number of benzene rings is 2. The predicted molar refractivity (Wildman–Crippen MR) is 139 cm³/mol. The number of aromatic nitrogens is 1. The van der Waals surface area contributed by atoms with Crippen molar-refractivity contribution in [1.29, 1.82) is 0 Å². The van der Waals surface area contributed by atoms with Gasteiger partial charge in [-0.05, 0) is 51.0 Å². The molecule has 1 aromatic heterocycles. The van der Waals surface area contributed by atoms with Crippen molar-refractivity contribution in [1.82, 2.24) is 14.8 Å². The van der Waals surface area contributed by atoms with Gasteiger partial charge in [0.2, 0.25) is 11.8 Å². The molecule has 0 radical (unpaired) electrons. The molecule has 3 aromatic rings. The molecule has 2 heterocycles. The number of nitrogens with zero attached hydrogens (tertiary/aromatic N) is 2. The number of rotatable bonds is 8. The highest BCUT2D eigenvalue weighted by Crippen LogP contribution is 2.32. The highest BCUT2D eigenvalue weighted by atomic mass is 32.2. The number of nitrogens with one attached hydrogen (secondary N) is 1. The van der Waals surface area contributed by atoms with E-state index in [0.29, 0.717) is 38.3 Å².